The predicted octanol–water partition coefficient (Wildman–Crippen LogP) is 4.56. The van der Waals surface area contributed by atoms with Gasteiger partial charge in [0.1, 0.15) is 11.3 Å². The molecule has 0 saturated heterocycles. The summed E-state index contributed by atoms with van der Waals surface area (Å²) >= 11 is 0. The fourth-order valence-electron chi connectivity index (χ4n) is 2.05. The zero-order chi connectivity index (χ0) is 19.6. The molecule has 0 atom stereocenters. The van der Waals surface area contributed by atoms with Crippen molar-refractivity contribution in [2.45, 2.75) is 74.1 Å². The van der Waals surface area contributed by atoms with E-state index >= 15 is 0 Å². The van der Waals surface area contributed by atoms with E-state index in [2.05, 4.69) is 4.98 Å². The summed E-state index contributed by atoms with van der Waals surface area (Å²) in [7, 11) is 0. The normalized spacial score (nSPS) is 12.1. The van der Waals surface area contributed by atoms with E-state index in [1.807, 2.05) is 48.5 Å². The van der Waals surface area contributed by atoms with Crippen LogP contribution < -0.4 is 0 Å². The SMILES string of the molecule is CC.CC.CCOC(=O)c1cc2c(cn1)CN(C(=O)OC(C)(C)C)C2. The van der Waals surface area contributed by atoms with E-state index in [0.29, 0.717) is 19.7 Å². The minimum Gasteiger partial charge on any atom is -0.461 e. The van der Waals surface area contributed by atoms with E-state index in [9.17, 15) is 9.59 Å². The molecule has 1 amide bonds. The highest BCUT2D eigenvalue weighted by atomic mass is 16.6. The second-order valence-corrected chi connectivity index (χ2v) is 5.90. The van der Waals surface area contributed by atoms with Crippen LogP contribution in [-0.2, 0) is 22.6 Å². The van der Waals surface area contributed by atoms with Crippen molar-refractivity contribution in [1.29, 1.82) is 0 Å². The van der Waals surface area contributed by atoms with Gasteiger partial charge in [0, 0.05) is 12.7 Å². The number of hydrogen-bond acceptors (Lipinski definition) is 5. The molecule has 25 heavy (non-hydrogen) atoms. The Morgan fingerprint density at radius 3 is 2.20 bits per heavy atom. The van der Waals surface area contributed by atoms with Crippen LogP contribution in [0.3, 0.4) is 0 Å². The third-order valence-electron chi connectivity index (χ3n) is 2.94. The fourth-order valence-corrected chi connectivity index (χ4v) is 2.05. The second-order valence-electron chi connectivity index (χ2n) is 5.90. The van der Waals surface area contributed by atoms with Crippen LogP contribution in [0, 0.1) is 0 Å². The monoisotopic (exact) mass is 352 g/mol. The van der Waals surface area contributed by atoms with Crippen LogP contribution in [0.5, 0.6) is 0 Å². The number of pyridine rings is 1. The van der Waals surface area contributed by atoms with Crippen molar-refractivity contribution in [1.82, 2.24) is 9.88 Å². The van der Waals surface area contributed by atoms with Crippen molar-refractivity contribution in [3.8, 4) is 0 Å². The molecule has 0 saturated carbocycles. The third-order valence-corrected chi connectivity index (χ3v) is 2.94. The summed E-state index contributed by atoms with van der Waals surface area (Å²) in [5.41, 5.74) is 1.56. The van der Waals surface area contributed by atoms with Crippen LogP contribution in [0.2, 0.25) is 0 Å². The maximum Gasteiger partial charge on any atom is 0.410 e. The molecule has 0 bridgehead atoms. The van der Waals surface area contributed by atoms with Crippen LogP contribution in [-0.4, -0.2) is 34.2 Å². The Bertz CT molecular complexity index is 565. The smallest absolute Gasteiger partial charge is 0.410 e. The number of rotatable bonds is 2. The molecule has 0 spiro atoms. The molecule has 1 aliphatic heterocycles. The largest absolute Gasteiger partial charge is 0.461 e. The molecule has 0 aliphatic carbocycles. The third kappa shape index (κ3) is 7.11. The van der Waals surface area contributed by atoms with Gasteiger partial charge in [0.05, 0.1) is 13.2 Å². The van der Waals surface area contributed by atoms with E-state index in [4.69, 9.17) is 9.47 Å². The summed E-state index contributed by atoms with van der Waals surface area (Å²) in [5, 5.41) is 0. The summed E-state index contributed by atoms with van der Waals surface area (Å²) in [6.07, 6.45) is 1.25. The van der Waals surface area contributed by atoms with E-state index in [1.165, 1.54) is 0 Å². The Hall–Kier alpha value is -2.11. The number of amides is 1. The van der Waals surface area contributed by atoms with Crippen LogP contribution in [0.25, 0.3) is 0 Å². The topological polar surface area (TPSA) is 68.7 Å². The summed E-state index contributed by atoms with van der Waals surface area (Å²) in [5.74, 6) is -0.448. The lowest BCUT2D eigenvalue weighted by molar-refractivity contribution is 0.0241. The zero-order valence-corrected chi connectivity index (χ0v) is 16.8. The standard InChI is InChI=1S/C15H20N2O4.2C2H6/c1-5-20-13(18)12-6-10-8-17(9-11(10)7-16-12)14(19)21-15(2,3)4;2*1-2/h6-7H,5,8-9H2,1-4H3;2*1-2H3. The molecule has 0 aromatic carbocycles. The molecule has 0 N–H and O–H groups in total. The number of carbonyl (C=O) groups is 2. The lowest BCUT2D eigenvalue weighted by Crippen LogP contribution is -2.33. The molecule has 6 heteroatoms. The van der Waals surface area contributed by atoms with Gasteiger partial charge in [-0.05, 0) is 44.9 Å². The van der Waals surface area contributed by atoms with Gasteiger partial charge in [0.25, 0.3) is 0 Å². The minimum atomic E-state index is -0.528. The number of nitrogens with zero attached hydrogens (tertiary/aromatic N) is 2. The van der Waals surface area contributed by atoms with Crippen LogP contribution in [0.1, 0.15) is 77.0 Å². The van der Waals surface area contributed by atoms with Crippen LogP contribution in [0.15, 0.2) is 12.3 Å². The Morgan fingerprint density at radius 1 is 1.12 bits per heavy atom. The van der Waals surface area contributed by atoms with Crippen molar-refractivity contribution in [2.24, 2.45) is 0 Å². The molecule has 0 radical (unpaired) electrons. The van der Waals surface area contributed by atoms with Crippen molar-refractivity contribution < 1.29 is 19.1 Å². The molecular formula is C19H32N2O4. The van der Waals surface area contributed by atoms with Crippen molar-refractivity contribution in [3.05, 3.63) is 29.1 Å². The lowest BCUT2D eigenvalue weighted by atomic mass is 10.1. The minimum absolute atomic E-state index is 0.265. The highest BCUT2D eigenvalue weighted by Crippen LogP contribution is 2.24. The predicted molar refractivity (Wildman–Crippen MR) is 98.4 cm³/mol. The Morgan fingerprint density at radius 2 is 1.68 bits per heavy atom. The lowest BCUT2D eigenvalue weighted by Gasteiger charge is -2.24. The number of aromatic nitrogens is 1. The van der Waals surface area contributed by atoms with E-state index in [0.717, 1.165) is 11.1 Å². The first-order valence-corrected chi connectivity index (χ1v) is 8.93. The summed E-state index contributed by atoms with van der Waals surface area (Å²) in [6, 6.07) is 1.68. The molecule has 6 nitrogen and oxygen atoms in total. The maximum absolute atomic E-state index is 12.0. The first-order valence-electron chi connectivity index (χ1n) is 8.93. The number of esters is 1. The molecule has 2 rings (SSSR count). The van der Waals surface area contributed by atoms with Gasteiger partial charge in [-0.3, -0.25) is 4.90 Å². The molecule has 0 unspecified atom stereocenters. The number of ether oxygens (including phenoxy) is 2. The molecule has 1 aromatic heterocycles. The summed E-state index contributed by atoms with van der Waals surface area (Å²) in [6.45, 7) is 16.4. The summed E-state index contributed by atoms with van der Waals surface area (Å²) in [4.78, 5) is 29.4. The molecule has 1 aliphatic rings. The van der Waals surface area contributed by atoms with Crippen LogP contribution in [0.4, 0.5) is 4.79 Å². The van der Waals surface area contributed by atoms with Gasteiger partial charge < -0.3 is 9.47 Å². The maximum atomic E-state index is 12.0. The zero-order valence-electron chi connectivity index (χ0n) is 16.8. The second kappa shape index (κ2) is 10.7. The molecule has 2 heterocycles. The average molecular weight is 352 g/mol. The van der Waals surface area contributed by atoms with Gasteiger partial charge >= 0.3 is 12.1 Å². The highest BCUT2D eigenvalue weighted by molar-refractivity contribution is 5.87. The van der Waals surface area contributed by atoms with E-state index in [1.54, 1.807) is 24.1 Å². The molecule has 0 fully saturated rings. The Kier molecular flexibility index (Phi) is 9.79. The van der Waals surface area contributed by atoms with Crippen molar-refractivity contribution in [2.75, 3.05) is 6.61 Å². The van der Waals surface area contributed by atoms with Gasteiger partial charge in [0.2, 0.25) is 0 Å². The van der Waals surface area contributed by atoms with Gasteiger partial charge in [-0.2, -0.15) is 0 Å². The van der Waals surface area contributed by atoms with Gasteiger partial charge in [-0.15, -0.1) is 0 Å². The first kappa shape index (κ1) is 22.9. The summed E-state index contributed by atoms with van der Waals surface area (Å²) < 4.78 is 10.3. The molecular weight excluding hydrogens is 320 g/mol. The van der Waals surface area contributed by atoms with E-state index < -0.39 is 11.6 Å². The van der Waals surface area contributed by atoms with Crippen molar-refractivity contribution in [3.63, 3.8) is 0 Å². The molecule has 142 valence electrons. The van der Waals surface area contributed by atoms with E-state index in [-0.39, 0.29) is 11.8 Å². The average Bonchev–Trinajstić information content (AvgIpc) is 3.00. The number of carbonyl (C=O) groups excluding carboxylic acids is 2. The van der Waals surface area contributed by atoms with Gasteiger partial charge in [-0.25, -0.2) is 14.6 Å². The molecule has 1 aromatic rings. The number of fused-ring (bicyclic) bond motifs is 1. The van der Waals surface area contributed by atoms with Crippen LogP contribution >= 0.6 is 0 Å². The highest BCUT2D eigenvalue weighted by Gasteiger charge is 2.28. The number of hydrogen-bond donors (Lipinski definition) is 0. The first-order chi connectivity index (χ1) is 11.8. The Balaban J connectivity index is 0.00000134. The van der Waals surface area contributed by atoms with Crippen molar-refractivity contribution >= 4 is 12.1 Å². The van der Waals surface area contributed by atoms with Gasteiger partial charge in [-0.1, -0.05) is 27.7 Å². The fraction of sp³-hybridized carbons (Fsp3) is 0.632. The quantitative estimate of drug-likeness (QED) is 0.730. The van der Waals surface area contributed by atoms with Gasteiger partial charge in [0.15, 0.2) is 0 Å². The Labute approximate surface area is 151 Å².